The smallest absolute Gasteiger partial charge is 0.243 e. The molecule has 0 unspecified atom stereocenters. The van der Waals surface area contributed by atoms with E-state index in [0.29, 0.717) is 5.88 Å². The second-order valence-electron chi connectivity index (χ2n) is 7.04. The monoisotopic (exact) mass is 355 g/mol. The number of hydrogen-bond donors (Lipinski definition) is 1. The molecule has 0 saturated carbocycles. The lowest BCUT2D eigenvalue weighted by Gasteiger charge is -2.34. The van der Waals surface area contributed by atoms with E-state index in [1.165, 1.54) is 0 Å². The first kappa shape index (κ1) is 18.3. The highest BCUT2D eigenvalue weighted by atomic mass is 16.5. The van der Waals surface area contributed by atoms with Crippen LogP contribution in [0.25, 0.3) is 0 Å². The molecule has 0 spiro atoms. The van der Waals surface area contributed by atoms with Crippen LogP contribution in [0.4, 0.5) is 5.88 Å². The van der Waals surface area contributed by atoms with E-state index in [1.807, 2.05) is 38.1 Å². The number of carbonyl (C=O) groups excluding carboxylic acids is 2. The number of Topliss-reactive ketones (excluding diaryl/α,β-unsaturated/α-hetero) is 1. The molecular formula is C20H25N3O3. The second-order valence-corrected chi connectivity index (χ2v) is 7.04. The fourth-order valence-electron chi connectivity index (χ4n) is 3.32. The first-order valence-corrected chi connectivity index (χ1v) is 9.03. The van der Waals surface area contributed by atoms with E-state index in [1.54, 1.807) is 13.0 Å². The average molecular weight is 355 g/mol. The summed E-state index contributed by atoms with van der Waals surface area (Å²) in [4.78, 5) is 27.1. The van der Waals surface area contributed by atoms with Crippen molar-refractivity contribution in [2.75, 3.05) is 18.4 Å². The normalized spacial score (nSPS) is 17.0. The molecule has 138 valence electrons. The van der Waals surface area contributed by atoms with Gasteiger partial charge in [-0.3, -0.25) is 19.8 Å². The number of aryl methyl sites for hydroxylation is 2. The zero-order valence-electron chi connectivity index (χ0n) is 15.5. The number of rotatable bonds is 5. The highest BCUT2D eigenvalue weighted by Gasteiger charge is 2.30. The molecule has 1 amide bonds. The van der Waals surface area contributed by atoms with Gasteiger partial charge < -0.3 is 4.52 Å². The Bertz CT molecular complexity index is 774. The molecule has 1 fully saturated rings. The van der Waals surface area contributed by atoms with Gasteiger partial charge in [0, 0.05) is 17.5 Å². The lowest BCUT2D eigenvalue weighted by atomic mass is 9.88. The molecule has 1 aliphatic rings. The van der Waals surface area contributed by atoms with Crippen molar-refractivity contribution in [1.29, 1.82) is 0 Å². The zero-order valence-corrected chi connectivity index (χ0v) is 15.5. The molecule has 1 aliphatic heterocycles. The standard InChI is InChI=1S/C20H25N3O3/c1-13-4-6-16(7-5-13)19(24)17-8-10-23(11-9-17)15(3)20(25)21-18-12-14(2)22-26-18/h4-7,12,15,17H,8-11H2,1-3H3,(H,21,25)/t15-/m1/s1. The molecule has 1 atom stereocenters. The van der Waals surface area contributed by atoms with Crippen LogP contribution in [0.2, 0.25) is 0 Å². The van der Waals surface area contributed by atoms with Gasteiger partial charge in [-0.05, 0) is 46.7 Å². The maximum absolute atomic E-state index is 12.6. The summed E-state index contributed by atoms with van der Waals surface area (Å²) < 4.78 is 5.03. The third-order valence-electron chi connectivity index (χ3n) is 5.04. The molecule has 0 aliphatic carbocycles. The SMILES string of the molecule is Cc1ccc(C(=O)C2CCN([C@H](C)C(=O)Nc3cc(C)no3)CC2)cc1. The Morgan fingerprint density at radius 1 is 1.19 bits per heavy atom. The van der Waals surface area contributed by atoms with Gasteiger partial charge in [0.2, 0.25) is 11.8 Å². The summed E-state index contributed by atoms with van der Waals surface area (Å²) in [5, 5.41) is 6.51. The lowest BCUT2D eigenvalue weighted by Crippen LogP contribution is -2.46. The van der Waals surface area contributed by atoms with Crippen molar-refractivity contribution >= 4 is 17.6 Å². The van der Waals surface area contributed by atoms with E-state index < -0.39 is 0 Å². The predicted molar refractivity (Wildman–Crippen MR) is 99.1 cm³/mol. The topological polar surface area (TPSA) is 75.4 Å². The minimum Gasteiger partial charge on any atom is -0.338 e. The average Bonchev–Trinajstić information content (AvgIpc) is 3.06. The summed E-state index contributed by atoms with van der Waals surface area (Å²) in [5.41, 5.74) is 2.65. The summed E-state index contributed by atoms with van der Waals surface area (Å²) in [6.45, 7) is 7.15. The van der Waals surface area contributed by atoms with Crippen molar-refractivity contribution in [2.45, 2.75) is 39.7 Å². The van der Waals surface area contributed by atoms with Gasteiger partial charge in [-0.2, -0.15) is 0 Å². The van der Waals surface area contributed by atoms with Crippen molar-refractivity contribution in [3.8, 4) is 0 Å². The van der Waals surface area contributed by atoms with E-state index >= 15 is 0 Å². The third-order valence-corrected chi connectivity index (χ3v) is 5.04. The van der Waals surface area contributed by atoms with E-state index in [0.717, 1.165) is 42.8 Å². The van der Waals surface area contributed by atoms with Gasteiger partial charge >= 0.3 is 0 Å². The number of piperidine rings is 1. The molecule has 1 aromatic carbocycles. The molecule has 0 radical (unpaired) electrons. The van der Waals surface area contributed by atoms with Crippen LogP contribution in [0.3, 0.4) is 0 Å². The van der Waals surface area contributed by atoms with Crippen LogP contribution in [-0.4, -0.2) is 40.9 Å². The molecular weight excluding hydrogens is 330 g/mol. The van der Waals surface area contributed by atoms with Gasteiger partial charge in [-0.1, -0.05) is 35.0 Å². The first-order chi connectivity index (χ1) is 12.4. The molecule has 6 heteroatoms. The van der Waals surface area contributed by atoms with Crippen molar-refractivity contribution in [1.82, 2.24) is 10.1 Å². The van der Waals surface area contributed by atoms with E-state index in [4.69, 9.17) is 4.52 Å². The van der Waals surface area contributed by atoms with Crippen molar-refractivity contribution in [3.05, 3.63) is 47.2 Å². The number of carbonyl (C=O) groups is 2. The lowest BCUT2D eigenvalue weighted by molar-refractivity contribution is -0.121. The Labute approximate surface area is 153 Å². The minimum absolute atomic E-state index is 0.0288. The molecule has 0 bridgehead atoms. The molecule has 2 aromatic rings. The molecule has 26 heavy (non-hydrogen) atoms. The molecule has 3 rings (SSSR count). The number of nitrogens with zero attached hydrogens (tertiary/aromatic N) is 2. The third kappa shape index (κ3) is 4.19. The number of anilines is 1. The summed E-state index contributed by atoms with van der Waals surface area (Å²) in [6, 6.07) is 9.16. The Hall–Kier alpha value is -2.47. The van der Waals surface area contributed by atoms with Gasteiger partial charge in [0.1, 0.15) is 0 Å². The van der Waals surface area contributed by atoms with E-state index in [-0.39, 0.29) is 23.7 Å². The zero-order chi connectivity index (χ0) is 18.7. The summed E-state index contributed by atoms with van der Waals surface area (Å²) in [5.74, 6) is 0.480. The fourth-order valence-corrected chi connectivity index (χ4v) is 3.32. The van der Waals surface area contributed by atoms with Gasteiger partial charge in [0.05, 0.1) is 11.7 Å². The van der Waals surface area contributed by atoms with E-state index in [2.05, 4.69) is 15.4 Å². The van der Waals surface area contributed by atoms with Gasteiger partial charge in [0.25, 0.3) is 0 Å². The highest BCUT2D eigenvalue weighted by Crippen LogP contribution is 2.23. The van der Waals surface area contributed by atoms with Crippen molar-refractivity contribution in [3.63, 3.8) is 0 Å². The van der Waals surface area contributed by atoms with Gasteiger partial charge in [0.15, 0.2) is 5.78 Å². The number of ketones is 1. The van der Waals surface area contributed by atoms with Crippen LogP contribution in [0.5, 0.6) is 0 Å². The van der Waals surface area contributed by atoms with Gasteiger partial charge in [-0.25, -0.2) is 0 Å². The largest absolute Gasteiger partial charge is 0.338 e. The van der Waals surface area contributed by atoms with Crippen molar-refractivity contribution in [2.24, 2.45) is 5.92 Å². The summed E-state index contributed by atoms with van der Waals surface area (Å²) in [7, 11) is 0. The Morgan fingerprint density at radius 2 is 1.85 bits per heavy atom. The molecule has 2 heterocycles. The maximum atomic E-state index is 12.6. The molecule has 1 N–H and O–H groups in total. The van der Waals surface area contributed by atoms with Crippen molar-refractivity contribution < 1.29 is 14.1 Å². The number of amides is 1. The molecule has 1 saturated heterocycles. The predicted octanol–water partition coefficient (Wildman–Crippen LogP) is 3.21. The summed E-state index contributed by atoms with van der Waals surface area (Å²) >= 11 is 0. The summed E-state index contributed by atoms with van der Waals surface area (Å²) in [6.07, 6.45) is 1.54. The maximum Gasteiger partial charge on any atom is 0.243 e. The van der Waals surface area contributed by atoms with Gasteiger partial charge in [-0.15, -0.1) is 0 Å². The Kier molecular flexibility index (Phi) is 5.52. The van der Waals surface area contributed by atoms with Crippen LogP contribution in [0.15, 0.2) is 34.9 Å². The Morgan fingerprint density at radius 3 is 2.42 bits per heavy atom. The second kappa shape index (κ2) is 7.83. The first-order valence-electron chi connectivity index (χ1n) is 9.03. The minimum atomic E-state index is -0.282. The molecule has 6 nitrogen and oxygen atoms in total. The van der Waals surface area contributed by atoms with Crippen LogP contribution in [0, 0.1) is 19.8 Å². The number of nitrogens with one attached hydrogen (secondary N) is 1. The number of hydrogen-bond acceptors (Lipinski definition) is 5. The van der Waals surface area contributed by atoms with Crippen LogP contribution in [-0.2, 0) is 4.79 Å². The quantitative estimate of drug-likeness (QED) is 0.834. The fraction of sp³-hybridized carbons (Fsp3) is 0.450. The number of benzene rings is 1. The highest BCUT2D eigenvalue weighted by molar-refractivity contribution is 5.98. The number of likely N-dealkylation sites (tertiary alicyclic amines) is 1. The van der Waals surface area contributed by atoms with Crippen LogP contribution in [0.1, 0.15) is 41.4 Å². The van der Waals surface area contributed by atoms with Crippen LogP contribution >= 0.6 is 0 Å². The van der Waals surface area contributed by atoms with Crippen LogP contribution < -0.4 is 5.32 Å². The Balaban J connectivity index is 1.53. The number of aromatic nitrogens is 1. The van der Waals surface area contributed by atoms with E-state index in [9.17, 15) is 9.59 Å². The molecule has 1 aromatic heterocycles.